The summed E-state index contributed by atoms with van der Waals surface area (Å²) in [7, 11) is 1.55. The summed E-state index contributed by atoms with van der Waals surface area (Å²) in [5, 5.41) is 4.85. The van der Waals surface area contributed by atoms with Crippen LogP contribution in [0.3, 0.4) is 0 Å². The molecule has 0 aliphatic rings. The van der Waals surface area contributed by atoms with Crippen LogP contribution in [-0.2, 0) is 9.59 Å². The van der Waals surface area contributed by atoms with Crippen molar-refractivity contribution in [3.8, 4) is 0 Å². The Morgan fingerprint density at radius 2 is 2.27 bits per heavy atom. The van der Waals surface area contributed by atoms with Crippen LogP contribution in [0.1, 0.15) is 0 Å². The van der Waals surface area contributed by atoms with Crippen LogP contribution in [0.5, 0.6) is 0 Å². The number of hydrogen-bond acceptors (Lipinski definition) is 4. The molecule has 1 unspecified atom stereocenters. The quantitative estimate of drug-likeness (QED) is 0.260. The average Bonchev–Trinajstić information content (AvgIpc) is 2.02. The van der Waals surface area contributed by atoms with Gasteiger partial charge in [0.25, 0.3) is 0 Å². The predicted molar refractivity (Wildman–Crippen MR) is 43.8 cm³/mol. The van der Waals surface area contributed by atoms with E-state index in [1.165, 1.54) is 0 Å². The smallest absolute Gasteiger partial charge is 0.250 e. The highest BCUT2D eigenvalue weighted by Gasteiger charge is 2.11. The zero-order valence-corrected chi connectivity index (χ0v) is 6.77. The lowest BCUT2D eigenvalue weighted by Crippen LogP contribution is -2.47. The first-order chi connectivity index (χ1) is 5.11. The maximum Gasteiger partial charge on any atom is 0.250 e. The fraction of sp³-hybridized carbons (Fsp3) is 0.400. The Morgan fingerprint density at radius 1 is 1.73 bits per heavy atom. The van der Waals surface area contributed by atoms with Crippen LogP contribution in [0.15, 0.2) is 0 Å². The van der Waals surface area contributed by atoms with Crippen LogP contribution >= 0.6 is 12.2 Å². The minimum Gasteiger partial charge on any atom is -0.365 e. The van der Waals surface area contributed by atoms with E-state index in [1.54, 1.807) is 7.05 Å². The Bertz CT molecular complexity index is 183. The minimum atomic E-state index is -1.15. The van der Waals surface area contributed by atoms with Crippen molar-refractivity contribution in [3.05, 3.63) is 0 Å². The minimum absolute atomic E-state index is 0.146. The number of carbonyl (C=O) groups is 2. The maximum atomic E-state index is 10.7. The van der Waals surface area contributed by atoms with Gasteiger partial charge in [-0.05, 0) is 12.2 Å². The lowest BCUT2D eigenvalue weighted by Gasteiger charge is -2.06. The summed E-state index contributed by atoms with van der Waals surface area (Å²) in [4.78, 5) is 20.7. The summed E-state index contributed by atoms with van der Waals surface area (Å²) in [6, 6.07) is -1.15. The lowest BCUT2D eigenvalue weighted by molar-refractivity contribution is -0.124. The largest absolute Gasteiger partial charge is 0.365 e. The van der Waals surface area contributed by atoms with E-state index in [0.717, 1.165) is 0 Å². The number of carbonyl (C=O) groups excluding carboxylic acids is 2. The fourth-order valence-electron chi connectivity index (χ4n) is 0.320. The van der Waals surface area contributed by atoms with Gasteiger partial charge in [0.1, 0.15) is 12.3 Å². The molecule has 62 valence electrons. The highest BCUT2D eigenvalue weighted by Crippen LogP contribution is 1.72. The van der Waals surface area contributed by atoms with Crippen LogP contribution in [0.4, 0.5) is 0 Å². The van der Waals surface area contributed by atoms with Crippen molar-refractivity contribution in [3.63, 3.8) is 0 Å². The molecule has 0 rings (SSSR count). The predicted octanol–water partition coefficient (Wildman–Crippen LogP) is -1.87. The van der Waals surface area contributed by atoms with E-state index in [-0.39, 0.29) is 5.11 Å². The molecule has 0 aliphatic carbocycles. The molecule has 1 amide bonds. The lowest BCUT2D eigenvalue weighted by atomic mass is 10.3. The summed E-state index contributed by atoms with van der Waals surface area (Å²) < 4.78 is 0. The van der Waals surface area contributed by atoms with E-state index in [2.05, 4.69) is 22.9 Å². The molecule has 0 aliphatic heterocycles. The second kappa shape index (κ2) is 4.75. The molecule has 0 aromatic carbocycles. The molecule has 0 aromatic rings. The van der Waals surface area contributed by atoms with Gasteiger partial charge in [0.05, 0.1) is 0 Å². The highest BCUT2D eigenvalue weighted by molar-refractivity contribution is 7.80. The number of aldehydes is 1. The average molecular weight is 175 g/mol. The van der Waals surface area contributed by atoms with Gasteiger partial charge in [0.2, 0.25) is 5.91 Å². The molecule has 0 radical (unpaired) electrons. The summed E-state index contributed by atoms with van der Waals surface area (Å²) >= 11 is 4.58. The van der Waals surface area contributed by atoms with E-state index in [0.29, 0.717) is 6.29 Å². The topological polar surface area (TPSA) is 84.2 Å². The third kappa shape index (κ3) is 3.64. The Hall–Kier alpha value is -1.01. The van der Waals surface area contributed by atoms with Gasteiger partial charge in [-0.3, -0.25) is 4.79 Å². The van der Waals surface area contributed by atoms with Gasteiger partial charge in [-0.25, -0.2) is 0 Å². The van der Waals surface area contributed by atoms with E-state index in [4.69, 9.17) is 5.73 Å². The standard InChI is InChI=1S/C5H9N3O2S/c1-7-5(11)8-4(10)3(6)2-9/h2-3H,6H2,1H3,(H2,7,8,10,11). The van der Waals surface area contributed by atoms with E-state index >= 15 is 0 Å². The van der Waals surface area contributed by atoms with Crippen molar-refractivity contribution in [2.75, 3.05) is 7.05 Å². The molecule has 0 aromatic heterocycles. The zero-order valence-electron chi connectivity index (χ0n) is 5.96. The van der Waals surface area contributed by atoms with Gasteiger partial charge in [-0.15, -0.1) is 0 Å². The number of hydrogen-bond donors (Lipinski definition) is 3. The molecule has 4 N–H and O–H groups in total. The van der Waals surface area contributed by atoms with Crippen LogP contribution in [0.2, 0.25) is 0 Å². The van der Waals surface area contributed by atoms with Gasteiger partial charge in [-0.2, -0.15) is 0 Å². The first-order valence-electron chi connectivity index (χ1n) is 2.85. The monoisotopic (exact) mass is 175 g/mol. The molecule has 5 nitrogen and oxygen atoms in total. The van der Waals surface area contributed by atoms with Crippen LogP contribution in [0.25, 0.3) is 0 Å². The number of nitrogens with two attached hydrogens (primary N) is 1. The van der Waals surface area contributed by atoms with Crippen LogP contribution in [0, 0.1) is 0 Å². The molecule has 6 heteroatoms. The van der Waals surface area contributed by atoms with Crippen LogP contribution in [-0.4, -0.2) is 30.4 Å². The molecule has 0 saturated heterocycles. The first kappa shape index (κ1) is 9.99. The van der Waals surface area contributed by atoms with Gasteiger partial charge in [0, 0.05) is 7.05 Å². The summed E-state index contributed by atoms with van der Waals surface area (Å²) in [6.45, 7) is 0. The number of thiocarbonyl (C=S) groups is 1. The van der Waals surface area contributed by atoms with Crippen molar-refractivity contribution in [1.29, 1.82) is 0 Å². The summed E-state index contributed by atoms with van der Waals surface area (Å²) in [5.74, 6) is -0.612. The number of rotatable bonds is 2. The van der Waals surface area contributed by atoms with Crippen molar-refractivity contribution in [1.82, 2.24) is 10.6 Å². The Labute approximate surface area is 69.3 Å². The van der Waals surface area contributed by atoms with Crippen molar-refractivity contribution < 1.29 is 9.59 Å². The molecule has 0 spiro atoms. The zero-order chi connectivity index (χ0) is 8.85. The Morgan fingerprint density at radius 3 is 2.64 bits per heavy atom. The molecule has 11 heavy (non-hydrogen) atoms. The highest BCUT2D eigenvalue weighted by atomic mass is 32.1. The molecule has 0 saturated carbocycles. The fourth-order valence-corrected chi connectivity index (χ4v) is 0.420. The van der Waals surface area contributed by atoms with E-state index in [1.807, 2.05) is 0 Å². The molecule has 0 bridgehead atoms. The summed E-state index contributed by atoms with van der Waals surface area (Å²) in [5.41, 5.74) is 5.05. The third-order valence-electron chi connectivity index (χ3n) is 0.913. The number of nitrogens with one attached hydrogen (secondary N) is 2. The van der Waals surface area contributed by atoms with Gasteiger partial charge in [0.15, 0.2) is 5.11 Å². The van der Waals surface area contributed by atoms with Crippen molar-refractivity contribution in [2.24, 2.45) is 5.73 Å². The second-order valence-corrected chi connectivity index (χ2v) is 2.14. The summed E-state index contributed by atoms with van der Waals surface area (Å²) in [6.07, 6.45) is 0.341. The number of amides is 1. The second-order valence-electron chi connectivity index (χ2n) is 1.73. The third-order valence-corrected chi connectivity index (χ3v) is 1.22. The normalized spacial score (nSPS) is 11.5. The molecular formula is C5H9N3O2S. The molecule has 1 atom stereocenters. The van der Waals surface area contributed by atoms with E-state index < -0.39 is 11.9 Å². The molecule has 0 heterocycles. The van der Waals surface area contributed by atoms with Crippen molar-refractivity contribution in [2.45, 2.75) is 6.04 Å². The van der Waals surface area contributed by atoms with E-state index in [9.17, 15) is 9.59 Å². The Kier molecular flexibility index (Phi) is 4.32. The van der Waals surface area contributed by atoms with Gasteiger partial charge < -0.3 is 21.2 Å². The molecule has 0 fully saturated rings. The molecular weight excluding hydrogens is 166 g/mol. The van der Waals surface area contributed by atoms with Crippen LogP contribution < -0.4 is 16.4 Å². The SMILES string of the molecule is CNC(=S)NC(=O)C(N)C=O. The first-order valence-corrected chi connectivity index (χ1v) is 3.26. The maximum absolute atomic E-state index is 10.7. The van der Waals surface area contributed by atoms with Gasteiger partial charge in [-0.1, -0.05) is 0 Å². The van der Waals surface area contributed by atoms with Crippen molar-refractivity contribution >= 4 is 29.5 Å². The van der Waals surface area contributed by atoms with Gasteiger partial charge >= 0.3 is 0 Å². The Balaban J connectivity index is 3.87.